The van der Waals surface area contributed by atoms with Crippen molar-refractivity contribution < 1.29 is 0 Å². The topological polar surface area (TPSA) is 13.0 Å². The Morgan fingerprint density at radius 3 is 1.55 bits per heavy atom. The van der Waals surface area contributed by atoms with Crippen LogP contribution in [0.5, 0.6) is 0 Å². The van der Waals surface area contributed by atoms with E-state index < -0.39 is 0 Å². The Morgan fingerprint density at radius 1 is 0.381 bits per heavy atom. The van der Waals surface area contributed by atoms with Gasteiger partial charge in [-0.25, -0.2) is 0 Å². The van der Waals surface area contributed by atoms with Gasteiger partial charge < -0.3 is 14.7 Å². The van der Waals surface area contributed by atoms with Crippen LogP contribution in [0, 0.1) is 47.3 Å². The molecule has 624 valence electrons. The van der Waals surface area contributed by atoms with Crippen molar-refractivity contribution in [3.05, 3.63) is 186 Å². The van der Waals surface area contributed by atoms with Crippen molar-refractivity contribution in [1.29, 1.82) is 0 Å². The highest BCUT2D eigenvalue weighted by atomic mass is 32.2. The third kappa shape index (κ3) is 15.3. The van der Waals surface area contributed by atoms with Gasteiger partial charge in [-0.05, 0) is 255 Å². The van der Waals surface area contributed by atoms with Gasteiger partial charge in [-0.1, -0.05) is 334 Å². The van der Waals surface area contributed by atoms with E-state index in [9.17, 15) is 0 Å². The van der Waals surface area contributed by atoms with Crippen LogP contribution in [0.1, 0.15) is 327 Å². The van der Waals surface area contributed by atoms with E-state index in [4.69, 9.17) is 0 Å². The van der Waals surface area contributed by atoms with E-state index in [2.05, 4.69) is 231 Å². The summed E-state index contributed by atoms with van der Waals surface area (Å²) in [4.78, 5) is 13.0. The number of anilines is 4. The average molecular weight is 1590 g/mol. The van der Waals surface area contributed by atoms with E-state index in [1.54, 1.807) is 22.2 Å². The molecular formula is C111H148B2N4S. The standard InChI is InChI=1S/C111H148B2N4S/c1-110(2,3)86-57-49-80(50-58-86)95-44-28-45-96(81-51-59-87(60-52-81)111(4,5)6)109(95)117-102-73-105-100(112-97-46-23-22-37-84(97)65-85-68-93(71-106(118-105)107(85)112)114(89-61-53-78(54-62-89)74-29-12-7-13-30-74)91-42-26-38-82(66-91)76-33-16-9-17-34-76)72-99(102)113-98-47-24-25-48-101(98)116(88-40-20-11-21-41-88)103-69-94(70-104(117)108(103)113)115(90-63-55-79(56-64-90)75-31-14-8-15-32-75)92-43-27-39-83(67-92)77-35-18-10-19-36-77/h11,20-21,24-25,27-28,39-41,43-45,47-52,57-60,67,72-79,82,84-85,89-91,93-94,97,100,103-108H,7-10,12-19,22-23,26,29-38,42,46,53-56,61-66,68-71H2,1-6H3. The van der Waals surface area contributed by atoms with E-state index >= 15 is 0 Å². The molecule has 21 rings (SSSR count). The second kappa shape index (κ2) is 33.9. The molecule has 4 nitrogen and oxygen atoms in total. The van der Waals surface area contributed by atoms with Crippen LogP contribution in [-0.4, -0.2) is 71.1 Å². The minimum atomic E-state index is 0.0401. The molecule has 4 aliphatic heterocycles. The smallest absolute Gasteiger partial charge is 0.221 e. The number of benzene rings is 6. The largest absolute Gasteiger partial charge is 0.365 e. The molecule has 0 radical (unpaired) electrons. The summed E-state index contributed by atoms with van der Waals surface area (Å²) in [7, 11) is 0. The van der Waals surface area contributed by atoms with Crippen molar-refractivity contribution in [3.8, 4) is 22.3 Å². The number of thioether (sulfide) groups is 1. The van der Waals surface area contributed by atoms with Gasteiger partial charge in [-0.15, -0.1) is 0 Å². The summed E-state index contributed by atoms with van der Waals surface area (Å²) in [5.41, 5.74) is 20.8. The molecule has 15 aliphatic rings. The maximum absolute atomic E-state index is 3.52. The monoisotopic (exact) mass is 1590 g/mol. The normalized spacial score (nSPS) is 33.8. The number of nitrogens with zero attached hydrogens (tertiary/aromatic N) is 4. The molecule has 4 heterocycles. The van der Waals surface area contributed by atoms with Gasteiger partial charge in [0.25, 0.3) is 0 Å². The number of hydrogen-bond acceptors (Lipinski definition) is 5. The molecule has 0 bridgehead atoms. The predicted molar refractivity (Wildman–Crippen MR) is 507 cm³/mol. The molecular weight excluding hydrogens is 1440 g/mol. The number of para-hydroxylation sites is 3. The lowest BCUT2D eigenvalue weighted by molar-refractivity contribution is -0.0166. The zero-order valence-corrected chi connectivity index (χ0v) is 74.9. The molecule has 118 heavy (non-hydrogen) atoms. The Kier molecular flexibility index (Phi) is 23.0. The predicted octanol–water partition coefficient (Wildman–Crippen LogP) is 29.4. The van der Waals surface area contributed by atoms with Gasteiger partial charge >= 0.3 is 0 Å². The van der Waals surface area contributed by atoms with Crippen molar-refractivity contribution in [2.75, 3.05) is 14.7 Å². The van der Waals surface area contributed by atoms with E-state index in [1.807, 2.05) is 0 Å². The first kappa shape index (κ1) is 79.8. The molecule has 6 aromatic carbocycles. The van der Waals surface area contributed by atoms with Crippen molar-refractivity contribution >= 4 is 53.4 Å². The van der Waals surface area contributed by atoms with Gasteiger partial charge in [0.05, 0.1) is 5.69 Å². The molecule has 0 amide bonds. The third-order valence-electron chi connectivity index (χ3n) is 36.7. The van der Waals surface area contributed by atoms with Crippen LogP contribution >= 0.6 is 11.8 Å². The number of allylic oxidation sites excluding steroid dienone is 2. The van der Waals surface area contributed by atoms with Gasteiger partial charge in [0.15, 0.2) is 6.71 Å². The minimum absolute atomic E-state index is 0.0401. The van der Waals surface area contributed by atoms with Crippen LogP contribution < -0.4 is 20.2 Å². The summed E-state index contributed by atoms with van der Waals surface area (Å²) in [6.07, 6.45) is 65.4. The molecule has 0 N–H and O–H groups in total. The summed E-state index contributed by atoms with van der Waals surface area (Å²) < 4.78 is 0. The fourth-order valence-electron chi connectivity index (χ4n) is 31.2. The lowest BCUT2D eigenvalue weighted by Crippen LogP contribution is -2.69. The van der Waals surface area contributed by atoms with Crippen LogP contribution in [0.3, 0.4) is 0 Å². The molecule has 11 aliphatic carbocycles. The average Bonchev–Trinajstić information content (AvgIpc) is 0.684. The highest BCUT2D eigenvalue weighted by Gasteiger charge is 2.64. The first-order chi connectivity index (χ1) is 57.8. The lowest BCUT2D eigenvalue weighted by Gasteiger charge is -2.64. The van der Waals surface area contributed by atoms with Crippen molar-refractivity contribution in [1.82, 2.24) is 4.90 Å². The molecule has 14 atom stereocenters. The van der Waals surface area contributed by atoms with Crippen LogP contribution in [0.15, 0.2) is 169 Å². The molecule has 10 saturated carbocycles. The molecule has 13 fully saturated rings. The Balaban J connectivity index is 0.751. The fraction of sp³-hybridized carbons (Fsp3) is 0.640. The second-order valence-corrected chi connectivity index (χ2v) is 46.3. The highest BCUT2D eigenvalue weighted by molar-refractivity contribution is 8.01. The maximum atomic E-state index is 3.52. The van der Waals surface area contributed by atoms with Crippen LogP contribution in [0.25, 0.3) is 22.3 Å². The first-order valence-corrected chi connectivity index (χ1v) is 51.5. The molecule has 3 saturated heterocycles. The molecule has 0 spiro atoms. The summed E-state index contributed by atoms with van der Waals surface area (Å²) in [6, 6.07) is 64.2. The van der Waals surface area contributed by atoms with E-state index in [1.165, 1.54) is 307 Å². The van der Waals surface area contributed by atoms with Crippen molar-refractivity contribution in [2.45, 2.75) is 398 Å². The van der Waals surface area contributed by atoms with Gasteiger partial charge in [0.2, 0.25) is 6.71 Å². The summed E-state index contributed by atoms with van der Waals surface area (Å²) in [5, 5.41) is 1.12. The van der Waals surface area contributed by atoms with Gasteiger partial charge in [-0.2, -0.15) is 11.8 Å². The quantitative estimate of drug-likeness (QED) is 0.101. The van der Waals surface area contributed by atoms with E-state index in [0.717, 1.165) is 96.7 Å². The summed E-state index contributed by atoms with van der Waals surface area (Å²) >= 11 is 2.60. The first-order valence-electron chi connectivity index (χ1n) is 50.6. The van der Waals surface area contributed by atoms with Gasteiger partial charge in [-0.3, -0.25) is 4.90 Å². The third-order valence-corrected chi connectivity index (χ3v) is 38.3. The number of rotatable bonds is 14. The van der Waals surface area contributed by atoms with Gasteiger partial charge in [0.1, 0.15) is 0 Å². The Morgan fingerprint density at radius 2 is 0.915 bits per heavy atom. The Labute approximate surface area is 720 Å². The van der Waals surface area contributed by atoms with Gasteiger partial charge in [0, 0.05) is 86.7 Å². The highest BCUT2D eigenvalue weighted by Crippen LogP contribution is 2.68. The minimum Gasteiger partial charge on any atom is -0.365 e. The van der Waals surface area contributed by atoms with Crippen molar-refractivity contribution in [3.63, 3.8) is 0 Å². The van der Waals surface area contributed by atoms with Crippen LogP contribution in [0.4, 0.5) is 22.7 Å². The Hall–Kier alpha value is -5.36. The lowest BCUT2D eigenvalue weighted by atomic mass is 9.18. The maximum Gasteiger partial charge on any atom is 0.221 e. The molecule has 6 aromatic rings. The summed E-state index contributed by atoms with van der Waals surface area (Å²) in [6.45, 7) is 15.5. The number of hydrogen-bond donors (Lipinski definition) is 0. The van der Waals surface area contributed by atoms with Crippen molar-refractivity contribution in [2.24, 2.45) is 47.3 Å². The molecule has 0 aromatic heterocycles. The van der Waals surface area contributed by atoms with E-state index in [0.29, 0.717) is 40.1 Å². The second-order valence-electron chi connectivity index (χ2n) is 44.9. The summed E-state index contributed by atoms with van der Waals surface area (Å²) in [5.74, 6) is 10.6. The zero-order chi connectivity index (χ0) is 79.3. The fourth-order valence-corrected chi connectivity index (χ4v) is 33.2. The number of fused-ring (bicyclic) bond motifs is 8. The van der Waals surface area contributed by atoms with E-state index in [-0.39, 0.29) is 29.6 Å². The molecule has 14 unspecified atom stereocenters. The molecule has 7 heteroatoms. The van der Waals surface area contributed by atoms with Crippen LogP contribution in [0.2, 0.25) is 23.3 Å². The SMILES string of the molecule is CC(C)(C)c1ccc(-c2cccc(-c3ccc(C(C)(C)C)cc3)c2N2C3=CC4SC5CC(N(C6CCC(C7CCCCC7)CC6)C6CCCC(C7CCCCC7)C6)CC6CC7CCCCC7B(C4C=C3B3c4ccccc4N(c4ccccc4)C4CC(N(c7cccc(C8CCCCC8)c7)C7CCC(C8CCCCC8)CC7)CC2C34)C65)cc1. The zero-order valence-electron chi connectivity index (χ0n) is 74.1. The Bertz CT molecular complexity index is 4390. The van der Waals surface area contributed by atoms with Crippen LogP contribution in [-0.2, 0) is 10.8 Å².